The van der Waals surface area contributed by atoms with Crippen molar-refractivity contribution in [1.29, 1.82) is 0 Å². The fourth-order valence-corrected chi connectivity index (χ4v) is 3.67. The highest BCUT2D eigenvalue weighted by Crippen LogP contribution is 2.29. The molecule has 0 unspecified atom stereocenters. The normalized spacial score (nSPS) is 10.7. The number of aromatic nitrogens is 1. The summed E-state index contributed by atoms with van der Waals surface area (Å²) >= 11 is 1.37. The molecule has 134 valence electrons. The van der Waals surface area contributed by atoms with Gasteiger partial charge in [-0.05, 0) is 49.6 Å². The first-order valence-electron chi connectivity index (χ1n) is 7.98. The highest BCUT2D eigenvalue weighted by Gasteiger charge is 2.16. The molecule has 0 aliphatic rings. The molecule has 0 spiro atoms. The molecule has 0 radical (unpaired) electrons. The van der Waals surface area contributed by atoms with E-state index in [4.69, 9.17) is 4.74 Å². The van der Waals surface area contributed by atoms with Crippen LogP contribution in [0.15, 0.2) is 30.3 Å². The number of nitrogens with zero attached hydrogens (tertiary/aromatic N) is 1. The lowest BCUT2D eigenvalue weighted by Gasteiger charge is -2.07. The van der Waals surface area contributed by atoms with Crippen molar-refractivity contribution in [3.63, 3.8) is 0 Å². The number of rotatable bonds is 4. The smallest absolute Gasteiger partial charge is 0.342 e. The molecular weight excluding hydrogens is 352 g/mol. The molecule has 3 rings (SSSR count). The molecule has 0 fully saturated rings. The number of phenolic OH excluding ortho intramolecular Hbond substituents is 1. The number of hydrogen-bond donors (Lipinski definition) is 2. The average Bonchev–Trinajstić information content (AvgIpc) is 2.97. The Kier molecular flexibility index (Phi) is 4.90. The van der Waals surface area contributed by atoms with Crippen LogP contribution in [0.2, 0.25) is 0 Å². The van der Waals surface area contributed by atoms with Crippen LogP contribution in [-0.4, -0.2) is 28.6 Å². The minimum Gasteiger partial charge on any atom is -0.507 e. The van der Waals surface area contributed by atoms with Gasteiger partial charge < -0.3 is 9.84 Å². The zero-order valence-corrected chi connectivity index (χ0v) is 15.4. The van der Waals surface area contributed by atoms with E-state index in [1.807, 2.05) is 26.0 Å². The van der Waals surface area contributed by atoms with Gasteiger partial charge in [-0.1, -0.05) is 29.5 Å². The molecule has 0 aliphatic carbocycles. The van der Waals surface area contributed by atoms with Crippen LogP contribution in [-0.2, 0) is 9.53 Å². The number of phenols is 1. The van der Waals surface area contributed by atoms with E-state index < -0.39 is 18.5 Å². The van der Waals surface area contributed by atoms with Crippen LogP contribution in [0.3, 0.4) is 0 Å². The van der Waals surface area contributed by atoms with E-state index in [0.717, 1.165) is 21.3 Å². The first-order chi connectivity index (χ1) is 12.3. The van der Waals surface area contributed by atoms with Crippen LogP contribution in [0.25, 0.3) is 10.2 Å². The maximum absolute atomic E-state index is 12.0. The molecule has 0 saturated heterocycles. The van der Waals surface area contributed by atoms with Gasteiger partial charge in [-0.3, -0.25) is 10.1 Å². The minimum atomic E-state index is -0.753. The maximum atomic E-state index is 12.0. The summed E-state index contributed by atoms with van der Waals surface area (Å²) in [5.41, 5.74) is 3.60. The lowest BCUT2D eigenvalue weighted by molar-refractivity contribution is -0.119. The molecular formula is C19H18N2O4S. The number of anilines is 1. The number of ether oxygens (including phenoxy) is 1. The largest absolute Gasteiger partial charge is 0.507 e. The van der Waals surface area contributed by atoms with Gasteiger partial charge in [0.1, 0.15) is 11.3 Å². The highest BCUT2D eigenvalue weighted by molar-refractivity contribution is 7.22. The van der Waals surface area contributed by atoms with Crippen molar-refractivity contribution in [3.05, 3.63) is 52.6 Å². The molecule has 0 bridgehead atoms. The van der Waals surface area contributed by atoms with Gasteiger partial charge >= 0.3 is 5.97 Å². The molecule has 1 aromatic heterocycles. The second-order valence-corrected chi connectivity index (χ2v) is 7.07. The summed E-state index contributed by atoms with van der Waals surface area (Å²) < 4.78 is 5.97. The highest BCUT2D eigenvalue weighted by atomic mass is 32.1. The SMILES string of the molecule is Cc1cc(C)c2nc(NC(=O)COC(=O)c3cccc(C)c3O)sc2c1. The van der Waals surface area contributed by atoms with Gasteiger partial charge in [-0.25, -0.2) is 9.78 Å². The van der Waals surface area contributed by atoms with E-state index in [0.29, 0.717) is 10.7 Å². The standard InChI is InChI=1S/C19H18N2O4S/c1-10-7-12(3)16-14(8-10)26-19(21-16)20-15(22)9-25-18(24)13-6-4-5-11(2)17(13)23/h4-8,23H,9H2,1-3H3,(H,20,21,22). The predicted molar refractivity (Wildman–Crippen MR) is 101 cm³/mol. The Labute approximate surface area is 154 Å². The summed E-state index contributed by atoms with van der Waals surface area (Å²) in [5, 5.41) is 13.0. The fourth-order valence-electron chi connectivity index (χ4n) is 2.61. The number of nitrogens with one attached hydrogen (secondary N) is 1. The van der Waals surface area contributed by atoms with Crippen LogP contribution in [0.1, 0.15) is 27.0 Å². The molecule has 2 aromatic carbocycles. The van der Waals surface area contributed by atoms with Gasteiger partial charge in [-0.15, -0.1) is 0 Å². The van der Waals surface area contributed by atoms with Gasteiger partial charge in [0.05, 0.1) is 10.2 Å². The number of benzene rings is 2. The molecule has 1 heterocycles. The Balaban J connectivity index is 1.65. The molecule has 2 N–H and O–H groups in total. The molecule has 1 amide bonds. The Bertz CT molecular complexity index is 1010. The third-order valence-electron chi connectivity index (χ3n) is 3.87. The summed E-state index contributed by atoms with van der Waals surface area (Å²) in [6, 6.07) is 8.80. The van der Waals surface area contributed by atoms with Crippen LogP contribution in [0.4, 0.5) is 5.13 Å². The number of carbonyl (C=O) groups excluding carboxylic acids is 2. The molecule has 3 aromatic rings. The number of thiazole rings is 1. The van der Waals surface area contributed by atoms with E-state index >= 15 is 0 Å². The third kappa shape index (κ3) is 3.67. The van der Waals surface area contributed by atoms with Crippen molar-refractivity contribution in [2.24, 2.45) is 0 Å². The summed E-state index contributed by atoms with van der Waals surface area (Å²) in [6.07, 6.45) is 0. The molecule has 0 aliphatic heterocycles. The number of amides is 1. The third-order valence-corrected chi connectivity index (χ3v) is 4.79. The van der Waals surface area contributed by atoms with E-state index in [1.54, 1.807) is 19.1 Å². The molecule has 6 nitrogen and oxygen atoms in total. The topological polar surface area (TPSA) is 88.5 Å². The summed E-state index contributed by atoms with van der Waals surface area (Å²) in [7, 11) is 0. The molecule has 0 saturated carbocycles. The van der Waals surface area contributed by atoms with Gasteiger partial charge in [0.25, 0.3) is 5.91 Å². The lowest BCUT2D eigenvalue weighted by atomic mass is 10.1. The van der Waals surface area contributed by atoms with Gasteiger partial charge in [0.15, 0.2) is 11.7 Å². The van der Waals surface area contributed by atoms with Gasteiger partial charge in [0, 0.05) is 0 Å². The van der Waals surface area contributed by atoms with Gasteiger partial charge in [0.2, 0.25) is 0 Å². The Morgan fingerprint density at radius 2 is 1.96 bits per heavy atom. The zero-order chi connectivity index (χ0) is 18.8. The Hall–Kier alpha value is -2.93. The quantitative estimate of drug-likeness (QED) is 0.683. The fraction of sp³-hybridized carbons (Fsp3) is 0.211. The Morgan fingerprint density at radius 3 is 2.73 bits per heavy atom. The monoisotopic (exact) mass is 370 g/mol. The van der Waals surface area contributed by atoms with Crippen molar-refractivity contribution in [2.75, 3.05) is 11.9 Å². The van der Waals surface area contributed by atoms with Crippen LogP contribution in [0, 0.1) is 20.8 Å². The number of fused-ring (bicyclic) bond motifs is 1. The second kappa shape index (κ2) is 7.13. The number of aromatic hydroxyl groups is 1. The van der Waals surface area contributed by atoms with E-state index in [1.165, 1.54) is 17.4 Å². The van der Waals surface area contributed by atoms with Crippen molar-refractivity contribution in [3.8, 4) is 5.75 Å². The van der Waals surface area contributed by atoms with E-state index in [-0.39, 0.29) is 11.3 Å². The molecule has 26 heavy (non-hydrogen) atoms. The number of carbonyl (C=O) groups is 2. The van der Waals surface area contributed by atoms with E-state index in [9.17, 15) is 14.7 Å². The Morgan fingerprint density at radius 1 is 1.19 bits per heavy atom. The van der Waals surface area contributed by atoms with Crippen molar-refractivity contribution in [2.45, 2.75) is 20.8 Å². The first kappa shape index (κ1) is 17.9. The molecule has 0 atom stereocenters. The van der Waals surface area contributed by atoms with Crippen molar-refractivity contribution < 1.29 is 19.4 Å². The van der Waals surface area contributed by atoms with Crippen molar-refractivity contribution >= 4 is 38.6 Å². The summed E-state index contributed by atoms with van der Waals surface area (Å²) in [6.45, 7) is 5.19. The van der Waals surface area contributed by atoms with Crippen molar-refractivity contribution in [1.82, 2.24) is 4.98 Å². The maximum Gasteiger partial charge on any atom is 0.342 e. The van der Waals surface area contributed by atoms with Crippen LogP contribution >= 0.6 is 11.3 Å². The van der Waals surface area contributed by atoms with Crippen LogP contribution < -0.4 is 5.32 Å². The number of para-hydroxylation sites is 1. The summed E-state index contributed by atoms with van der Waals surface area (Å²) in [5.74, 6) is -1.38. The zero-order valence-electron chi connectivity index (χ0n) is 14.6. The number of aryl methyl sites for hydroxylation is 3. The average molecular weight is 370 g/mol. The number of esters is 1. The minimum absolute atomic E-state index is 0.0314. The lowest BCUT2D eigenvalue weighted by Crippen LogP contribution is -2.20. The van der Waals surface area contributed by atoms with Crippen LogP contribution in [0.5, 0.6) is 5.75 Å². The summed E-state index contributed by atoms with van der Waals surface area (Å²) in [4.78, 5) is 28.5. The number of hydrogen-bond acceptors (Lipinski definition) is 6. The van der Waals surface area contributed by atoms with E-state index in [2.05, 4.69) is 10.3 Å². The van der Waals surface area contributed by atoms with Gasteiger partial charge in [-0.2, -0.15) is 0 Å². The first-order valence-corrected chi connectivity index (χ1v) is 8.80. The molecule has 7 heteroatoms. The predicted octanol–water partition coefficient (Wildman–Crippen LogP) is 3.72. The second-order valence-electron chi connectivity index (χ2n) is 6.04.